The second-order valence-corrected chi connectivity index (χ2v) is 7.36. The molecule has 6 heteroatoms. The molecule has 0 aromatic rings. The van der Waals surface area contributed by atoms with Gasteiger partial charge >= 0.3 is 0 Å². The van der Waals surface area contributed by atoms with Crippen LogP contribution in [-0.2, 0) is 9.47 Å². The summed E-state index contributed by atoms with van der Waals surface area (Å²) >= 11 is 0. The largest absolute Gasteiger partial charge is 0.383 e. The SMILES string of the molecule is CCNC(=NCC1CCN(CCOC)CC1)NC1CC2CCC1O2. The van der Waals surface area contributed by atoms with Crippen LogP contribution in [0.5, 0.6) is 0 Å². The average Bonchev–Trinajstić information content (AvgIpc) is 3.22. The third kappa shape index (κ3) is 4.83. The zero-order valence-corrected chi connectivity index (χ0v) is 15.3. The first-order valence-corrected chi connectivity index (χ1v) is 9.70. The van der Waals surface area contributed by atoms with Gasteiger partial charge in [0.15, 0.2) is 5.96 Å². The number of hydrogen-bond acceptors (Lipinski definition) is 4. The van der Waals surface area contributed by atoms with Crippen LogP contribution in [0.2, 0.25) is 0 Å². The van der Waals surface area contributed by atoms with Crippen LogP contribution in [0.15, 0.2) is 4.99 Å². The minimum absolute atomic E-state index is 0.392. The molecule has 3 fully saturated rings. The van der Waals surface area contributed by atoms with Crippen molar-refractivity contribution in [1.82, 2.24) is 15.5 Å². The summed E-state index contributed by atoms with van der Waals surface area (Å²) in [6.07, 6.45) is 6.91. The van der Waals surface area contributed by atoms with E-state index in [-0.39, 0.29) is 0 Å². The molecule has 138 valence electrons. The molecule has 3 unspecified atom stereocenters. The van der Waals surface area contributed by atoms with E-state index in [2.05, 4.69) is 22.5 Å². The van der Waals surface area contributed by atoms with Gasteiger partial charge in [0.2, 0.25) is 0 Å². The van der Waals surface area contributed by atoms with Gasteiger partial charge in [0, 0.05) is 26.7 Å². The topological polar surface area (TPSA) is 58.1 Å². The van der Waals surface area contributed by atoms with Gasteiger partial charge in [-0.1, -0.05) is 0 Å². The molecule has 24 heavy (non-hydrogen) atoms. The third-order valence-electron chi connectivity index (χ3n) is 5.60. The van der Waals surface area contributed by atoms with E-state index in [0.29, 0.717) is 24.2 Å². The molecule has 0 amide bonds. The highest BCUT2D eigenvalue weighted by atomic mass is 16.5. The fourth-order valence-corrected chi connectivity index (χ4v) is 4.12. The van der Waals surface area contributed by atoms with Gasteiger partial charge < -0.3 is 25.0 Å². The number of guanidine groups is 1. The minimum Gasteiger partial charge on any atom is -0.383 e. The van der Waals surface area contributed by atoms with Crippen molar-refractivity contribution in [2.45, 2.75) is 57.3 Å². The Morgan fingerprint density at radius 2 is 2.08 bits per heavy atom. The van der Waals surface area contributed by atoms with Crippen LogP contribution in [0.25, 0.3) is 0 Å². The van der Waals surface area contributed by atoms with Gasteiger partial charge in [-0.05, 0) is 58.0 Å². The van der Waals surface area contributed by atoms with E-state index in [9.17, 15) is 0 Å². The zero-order valence-electron chi connectivity index (χ0n) is 15.3. The van der Waals surface area contributed by atoms with Gasteiger partial charge in [-0.2, -0.15) is 0 Å². The Hall–Kier alpha value is -0.850. The van der Waals surface area contributed by atoms with Crippen LogP contribution in [-0.4, -0.2) is 75.5 Å². The predicted molar refractivity (Wildman–Crippen MR) is 96.5 cm³/mol. The molecule has 0 saturated carbocycles. The Morgan fingerprint density at radius 1 is 1.25 bits per heavy atom. The number of likely N-dealkylation sites (tertiary alicyclic amines) is 1. The fourth-order valence-electron chi connectivity index (χ4n) is 4.12. The van der Waals surface area contributed by atoms with Crippen LogP contribution in [0.4, 0.5) is 0 Å². The first kappa shape index (κ1) is 18.0. The molecule has 3 heterocycles. The van der Waals surface area contributed by atoms with E-state index in [1.165, 1.54) is 38.8 Å². The Balaban J connectivity index is 1.42. The van der Waals surface area contributed by atoms with Crippen LogP contribution in [0.1, 0.15) is 39.0 Å². The van der Waals surface area contributed by atoms with E-state index >= 15 is 0 Å². The summed E-state index contributed by atoms with van der Waals surface area (Å²) in [5.74, 6) is 1.68. The van der Waals surface area contributed by atoms with Gasteiger partial charge in [-0.3, -0.25) is 4.99 Å². The van der Waals surface area contributed by atoms with E-state index in [1.54, 1.807) is 7.11 Å². The van der Waals surface area contributed by atoms with E-state index in [0.717, 1.165) is 38.6 Å². The summed E-state index contributed by atoms with van der Waals surface area (Å²) in [4.78, 5) is 7.37. The van der Waals surface area contributed by atoms with E-state index in [1.807, 2.05) is 0 Å². The van der Waals surface area contributed by atoms with Gasteiger partial charge in [-0.15, -0.1) is 0 Å². The highest BCUT2D eigenvalue weighted by Crippen LogP contribution is 2.34. The number of fused-ring (bicyclic) bond motifs is 2. The maximum Gasteiger partial charge on any atom is 0.191 e. The summed E-state index contributed by atoms with van der Waals surface area (Å²) in [6, 6.07) is 0.442. The summed E-state index contributed by atoms with van der Waals surface area (Å²) in [7, 11) is 1.78. The maximum atomic E-state index is 5.94. The normalized spacial score (nSPS) is 31.6. The first-order chi connectivity index (χ1) is 11.8. The molecule has 3 aliphatic heterocycles. The number of ether oxygens (including phenoxy) is 2. The smallest absolute Gasteiger partial charge is 0.191 e. The highest BCUT2D eigenvalue weighted by Gasteiger charge is 2.41. The van der Waals surface area contributed by atoms with Gasteiger partial charge in [0.05, 0.1) is 24.9 Å². The zero-order chi connectivity index (χ0) is 16.8. The fraction of sp³-hybridized carbons (Fsp3) is 0.944. The van der Waals surface area contributed by atoms with Crippen molar-refractivity contribution in [3.63, 3.8) is 0 Å². The van der Waals surface area contributed by atoms with E-state index in [4.69, 9.17) is 14.5 Å². The molecule has 2 bridgehead atoms. The molecule has 0 aromatic heterocycles. The number of hydrogen-bond donors (Lipinski definition) is 2. The molecule has 3 rings (SSSR count). The third-order valence-corrected chi connectivity index (χ3v) is 5.60. The lowest BCUT2D eigenvalue weighted by atomic mass is 9.95. The van der Waals surface area contributed by atoms with Gasteiger partial charge in [0.25, 0.3) is 0 Å². The van der Waals surface area contributed by atoms with Crippen molar-refractivity contribution >= 4 is 5.96 Å². The lowest BCUT2D eigenvalue weighted by Gasteiger charge is -2.31. The molecule has 2 N–H and O–H groups in total. The van der Waals surface area contributed by atoms with Crippen molar-refractivity contribution in [1.29, 1.82) is 0 Å². The number of rotatable bonds is 7. The van der Waals surface area contributed by atoms with Crippen LogP contribution in [0, 0.1) is 5.92 Å². The lowest BCUT2D eigenvalue weighted by Crippen LogP contribution is -2.47. The summed E-state index contributed by atoms with van der Waals surface area (Å²) in [6.45, 7) is 8.20. The number of nitrogens with zero attached hydrogens (tertiary/aromatic N) is 2. The summed E-state index contributed by atoms with van der Waals surface area (Å²) < 4.78 is 11.1. The maximum absolute atomic E-state index is 5.94. The second-order valence-electron chi connectivity index (χ2n) is 7.36. The molecule has 3 aliphatic rings. The summed E-state index contributed by atoms with van der Waals surface area (Å²) in [5.41, 5.74) is 0. The number of piperidine rings is 1. The molecule has 3 saturated heterocycles. The highest BCUT2D eigenvalue weighted by molar-refractivity contribution is 5.80. The van der Waals surface area contributed by atoms with Crippen molar-refractivity contribution in [2.24, 2.45) is 10.9 Å². The molecule has 0 radical (unpaired) electrons. The van der Waals surface area contributed by atoms with Crippen molar-refractivity contribution in [3.05, 3.63) is 0 Å². The quantitative estimate of drug-likeness (QED) is 0.540. The second kappa shape index (κ2) is 9.02. The Bertz CT molecular complexity index is 410. The van der Waals surface area contributed by atoms with Crippen molar-refractivity contribution in [2.75, 3.05) is 46.4 Å². The van der Waals surface area contributed by atoms with Crippen molar-refractivity contribution < 1.29 is 9.47 Å². The standard InChI is InChI=1S/C18H34N4O2/c1-3-19-18(21-16-12-15-4-5-17(16)24-15)20-13-14-6-8-22(9-7-14)10-11-23-2/h14-17H,3-13H2,1-2H3,(H2,19,20,21). The summed E-state index contributed by atoms with van der Waals surface area (Å²) in [5, 5.41) is 7.01. The monoisotopic (exact) mass is 338 g/mol. The Labute approximate surface area is 146 Å². The van der Waals surface area contributed by atoms with Crippen LogP contribution in [0.3, 0.4) is 0 Å². The van der Waals surface area contributed by atoms with E-state index < -0.39 is 0 Å². The Kier molecular flexibility index (Phi) is 6.75. The minimum atomic E-state index is 0.392. The molecule has 0 spiro atoms. The van der Waals surface area contributed by atoms with Crippen LogP contribution >= 0.6 is 0 Å². The molecule has 3 atom stereocenters. The molecule has 0 aliphatic carbocycles. The molecule has 6 nitrogen and oxygen atoms in total. The number of aliphatic imine (C=N–C) groups is 1. The molecular weight excluding hydrogens is 304 g/mol. The molecule has 0 aromatic carbocycles. The lowest BCUT2D eigenvalue weighted by molar-refractivity contribution is 0.0992. The molecular formula is C18H34N4O2. The average molecular weight is 338 g/mol. The van der Waals surface area contributed by atoms with Crippen molar-refractivity contribution in [3.8, 4) is 0 Å². The predicted octanol–water partition coefficient (Wildman–Crippen LogP) is 1.22. The van der Waals surface area contributed by atoms with Gasteiger partial charge in [0.1, 0.15) is 0 Å². The van der Waals surface area contributed by atoms with Crippen LogP contribution < -0.4 is 10.6 Å². The Morgan fingerprint density at radius 3 is 2.71 bits per heavy atom. The number of nitrogens with one attached hydrogen (secondary N) is 2. The first-order valence-electron chi connectivity index (χ1n) is 9.70. The number of methoxy groups -OCH3 is 1. The van der Waals surface area contributed by atoms with Gasteiger partial charge in [-0.25, -0.2) is 0 Å².